The normalized spacial score (nSPS) is 15.8. The lowest BCUT2D eigenvalue weighted by Gasteiger charge is -2.23. The van der Waals surface area contributed by atoms with Gasteiger partial charge in [-0.15, -0.1) is 0 Å². The van der Waals surface area contributed by atoms with Crippen LogP contribution in [0.2, 0.25) is 0 Å². The maximum absolute atomic E-state index is 13.3. The average molecular weight is 452 g/mol. The smallest absolute Gasteiger partial charge is 0.322 e. The van der Waals surface area contributed by atoms with Crippen molar-refractivity contribution in [3.63, 3.8) is 0 Å². The molecule has 0 radical (unpaired) electrons. The van der Waals surface area contributed by atoms with E-state index in [9.17, 15) is 9.18 Å². The first-order valence-corrected chi connectivity index (χ1v) is 11.4. The van der Waals surface area contributed by atoms with Crippen molar-refractivity contribution in [2.24, 2.45) is 0 Å². The fraction of sp³-hybridized carbons (Fsp3) is 0.143. The van der Waals surface area contributed by atoms with Crippen molar-refractivity contribution in [2.45, 2.75) is 18.9 Å². The van der Waals surface area contributed by atoms with Crippen LogP contribution in [0.4, 0.5) is 14.9 Å². The SMILES string of the molecule is O=C(Nc1cccc2ccccc12)N1CCCC1c1nc2cc(-c3ccc(F)cc3)ccc2o1. The molecule has 1 saturated heterocycles. The Labute approximate surface area is 195 Å². The molecule has 0 spiro atoms. The van der Waals surface area contributed by atoms with Crippen LogP contribution in [0.25, 0.3) is 33.0 Å². The number of fused-ring (bicyclic) bond motifs is 2. The van der Waals surface area contributed by atoms with E-state index in [1.807, 2.05) is 60.7 Å². The number of nitrogens with zero attached hydrogens (tertiary/aromatic N) is 2. The molecule has 1 unspecified atom stereocenters. The number of carbonyl (C=O) groups excluding carboxylic acids is 1. The molecule has 6 heteroatoms. The van der Waals surface area contributed by atoms with Crippen molar-refractivity contribution < 1.29 is 13.6 Å². The van der Waals surface area contributed by atoms with Gasteiger partial charge in [-0.3, -0.25) is 0 Å². The predicted octanol–water partition coefficient (Wildman–Crippen LogP) is 7.16. The highest BCUT2D eigenvalue weighted by Crippen LogP contribution is 2.35. The Balaban J connectivity index is 1.27. The van der Waals surface area contributed by atoms with Crippen LogP contribution in [0, 0.1) is 5.82 Å². The van der Waals surface area contributed by atoms with E-state index >= 15 is 0 Å². The van der Waals surface area contributed by atoms with Crippen LogP contribution in [0.1, 0.15) is 24.8 Å². The summed E-state index contributed by atoms with van der Waals surface area (Å²) in [5.74, 6) is 0.272. The topological polar surface area (TPSA) is 58.4 Å². The molecule has 4 aromatic carbocycles. The zero-order chi connectivity index (χ0) is 23.1. The van der Waals surface area contributed by atoms with Crippen LogP contribution in [0.5, 0.6) is 0 Å². The second-order valence-corrected chi connectivity index (χ2v) is 8.55. The number of hydrogen-bond acceptors (Lipinski definition) is 3. The van der Waals surface area contributed by atoms with E-state index in [0.717, 1.165) is 45.9 Å². The molecule has 1 atom stereocenters. The van der Waals surface area contributed by atoms with Gasteiger partial charge in [-0.25, -0.2) is 14.2 Å². The van der Waals surface area contributed by atoms with E-state index in [1.165, 1.54) is 12.1 Å². The Morgan fingerprint density at radius 3 is 2.65 bits per heavy atom. The van der Waals surface area contributed by atoms with Gasteiger partial charge in [-0.05, 0) is 59.7 Å². The van der Waals surface area contributed by atoms with Gasteiger partial charge >= 0.3 is 6.03 Å². The quantitative estimate of drug-likeness (QED) is 0.317. The number of nitrogens with one attached hydrogen (secondary N) is 1. The number of rotatable bonds is 3. The van der Waals surface area contributed by atoms with E-state index in [1.54, 1.807) is 17.0 Å². The molecule has 34 heavy (non-hydrogen) atoms. The molecule has 1 fully saturated rings. The molecule has 168 valence electrons. The summed E-state index contributed by atoms with van der Waals surface area (Å²) in [6, 6.07) is 25.6. The van der Waals surface area contributed by atoms with Crippen molar-refractivity contribution in [2.75, 3.05) is 11.9 Å². The minimum atomic E-state index is -0.267. The van der Waals surface area contributed by atoms with Gasteiger partial charge in [-0.2, -0.15) is 0 Å². The summed E-state index contributed by atoms with van der Waals surface area (Å²) in [6.45, 7) is 0.640. The Bertz CT molecular complexity index is 1500. The summed E-state index contributed by atoms with van der Waals surface area (Å²) in [7, 11) is 0. The number of oxazole rings is 1. The summed E-state index contributed by atoms with van der Waals surface area (Å²) in [6.07, 6.45) is 1.67. The highest BCUT2D eigenvalue weighted by Gasteiger charge is 2.34. The molecule has 0 aliphatic carbocycles. The summed E-state index contributed by atoms with van der Waals surface area (Å²) in [4.78, 5) is 19.8. The van der Waals surface area contributed by atoms with Gasteiger partial charge in [-0.1, -0.05) is 54.6 Å². The fourth-order valence-electron chi connectivity index (χ4n) is 4.70. The van der Waals surface area contributed by atoms with Crippen LogP contribution < -0.4 is 5.32 Å². The van der Waals surface area contributed by atoms with Crippen LogP contribution >= 0.6 is 0 Å². The molecule has 2 heterocycles. The van der Waals surface area contributed by atoms with Crippen LogP contribution in [0.15, 0.2) is 89.3 Å². The van der Waals surface area contributed by atoms with E-state index in [-0.39, 0.29) is 17.9 Å². The Kier molecular flexibility index (Phi) is 4.99. The number of amides is 2. The number of halogens is 1. The van der Waals surface area contributed by atoms with Crippen molar-refractivity contribution in [3.05, 3.63) is 96.6 Å². The third-order valence-electron chi connectivity index (χ3n) is 6.41. The maximum Gasteiger partial charge on any atom is 0.322 e. The first kappa shape index (κ1) is 20.4. The zero-order valence-electron chi connectivity index (χ0n) is 18.4. The van der Waals surface area contributed by atoms with Gasteiger partial charge in [0, 0.05) is 11.9 Å². The number of benzene rings is 4. The average Bonchev–Trinajstić information content (AvgIpc) is 3.51. The molecule has 1 aliphatic rings. The van der Waals surface area contributed by atoms with Gasteiger partial charge < -0.3 is 14.6 Å². The van der Waals surface area contributed by atoms with Crippen LogP contribution in [0.3, 0.4) is 0 Å². The molecule has 5 nitrogen and oxygen atoms in total. The lowest BCUT2D eigenvalue weighted by molar-refractivity contribution is 0.199. The van der Waals surface area contributed by atoms with Crippen molar-refractivity contribution in [3.8, 4) is 11.1 Å². The molecule has 5 aromatic rings. The Morgan fingerprint density at radius 1 is 0.971 bits per heavy atom. The number of urea groups is 1. The van der Waals surface area contributed by atoms with E-state index in [0.29, 0.717) is 18.0 Å². The molecule has 1 N–H and O–H groups in total. The Morgan fingerprint density at radius 2 is 1.76 bits per heavy atom. The third kappa shape index (κ3) is 3.67. The fourth-order valence-corrected chi connectivity index (χ4v) is 4.70. The van der Waals surface area contributed by atoms with Crippen molar-refractivity contribution in [1.82, 2.24) is 9.88 Å². The van der Waals surface area contributed by atoms with E-state index in [4.69, 9.17) is 9.40 Å². The summed E-state index contributed by atoms with van der Waals surface area (Å²) < 4.78 is 19.4. The molecule has 1 aliphatic heterocycles. The number of anilines is 1. The maximum atomic E-state index is 13.3. The molecular formula is C28H22FN3O2. The van der Waals surface area contributed by atoms with Gasteiger partial charge in [0.15, 0.2) is 5.58 Å². The lowest BCUT2D eigenvalue weighted by atomic mass is 10.1. The molecule has 6 rings (SSSR count). The predicted molar refractivity (Wildman–Crippen MR) is 131 cm³/mol. The molecule has 1 aromatic heterocycles. The number of aromatic nitrogens is 1. The largest absolute Gasteiger partial charge is 0.438 e. The first-order chi connectivity index (χ1) is 16.7. The second kappa shape index (κ2) is 8.30. The lowest BCUT2D eigenvalue weighted by Crippen LogP contribution is -2.34. The minimum absolute atomic E-state index is 0.159. The summed E-state index contributed by atoms with van der Waals surface area (Å²) in [5, 5.41) is 5.16. The Hall–Kier alpha value is -4.19. The molecular weight excluding hydrogens is 429 g/mol. The van der Waals surface area contributed by atoms with Gasteiger partial charge in [0.05, 0.1) is 5.69 Å². The van der Waals surface area contributed by atoms with E-state index in [2.05, 4.69) is 5.32 Å². The highest BCUT2D eigenvalue weighted by atomic mass is 19.1. The minimum Gasteiger partial charge on any atom is -0.438 e. The van der Waals surface area contributed by atoms with Crippen LogP contribution in [-0.4, -0.2) is 22.5 Å². The summed E-state index contributed by atoms with van der Waals surface area (Å²) >= 11 is 0. The first-order valence-electron chi connectivity index (χ1n) is 11.4. The van der Waals surface area contributed by atoms with Crippen LogP contribution in [-0.2, 0) is 0 Å². The van der Waals surface area contributed by atoms with Crippen molar-refractivity contribution >= 4 is 33.6 Å². The number of carbonyl (C=O) groups is 1. The zero-order valence-corrected chi connectivity index (χ0v) is 18.4. The van der Waals surface area contributed by atoms with Gasteiger partial charge in [0.1, 0.15) is 17.4 Å². The standard InChI is InChI=1S/C28H22FN3O2/c29-21-13-10-18(11-14-21)20-12-15-26-24(17-20)30-27(34-26)25-9-4-16-32(25)28(33)31-23-8-3-6-19-5-1-2-7-22(19)23/h1-3,5-8,10-15,17,25H,4,9,16H2,(H,31,33). The molecule has 0 saturated carbocycles. The number of likely N-dealkylation sites (tertiary alicyclic amines) is 1. The van der Waals surface area contributed by atoms with Crippen molar-refractivity contribution in [1.29, 1.82) is 0 Å². The highest BCUT2D eigenvalue weighted by molar-refractivity contribution is 6.01. The van der Waals surface area contributed by atoms with Gasteiger partial charge in [0.25, 0.3) is 0 Å². The number of hydrogen-bond donors (Lipinski definition) is 1. The molecule has 2 amide bonds. The summed E-state index contributed by atoms with van der Waals surface area (Å²) in [5.41, 5.74) is 4.02. The van der Waals surface area contributed by atoms with E-state index < -0.39 is 0 Å². The monoisotopic (exact) mass is 451 g/mol. The second-order valence-electron chi connectivity index (χ2n) is 8.55. The molecule has 0 bridgehead atoms. The third-order valence-corrected chi connectivity index (χ3v) is 6.41. The van der Waals surface area contributed by atoms with Gasteiger partial charge in [0.2, 0.25) is 5.89 Å².